The number of hydrogen-bond donors (Lipinski definition) is 0. The van der Waals surface area contributed by atoms with Crippen LogP contribution in [0.4, 0.5) is 0 Å². The summed E-state index contributed by atoms with van der Waals surface area (Å²) in [7, 11) is 0. The summed E-state index contributed by atoms with van der Waals surface area (Å²) >= 11 is 0. The van der Waals surface area contributed by atoms with E-state index in [1.165, 1.54) is 0 Å². The van der Waals surface area contributed by atoms with Gasteiger partial charge < -0.3 is 40.2 Å². The molecule has 0 aromatic heterocycles. The Bertz CT molecular complexity index is 603. The van der Waals surface area contributed by atoms with E-state index < -0.39 is 29.3 Å². The Morgan fingerprint density at radius 2 is 1.48 bits per heavy atom. The number of ether oxygens (including phenoxy) is 2. The number of esters is 4. The van der Waals surface area contributed by atoms with Crippen molar-refractivity contribution in [3.8, 4) is 0 Å². The molecule has 0 N–H and O–H groups in total. The molecule has 2 fully saturated rings. The van der Waals surface area contributed by atoms with Crippen molar-refractivity contribution in [3.63, 3.8) is 0 Å². The topological polar surface area (TPSA) is 86.7 Å². The maximum absolute atomic E-state index is 11.2. The van der Waals surface area contributed by atoms with Crippen LogP contribution in [-0.2, 0) is 70.8 Å². The second-order valence-corrected chi connectivity index (χ2v) is 5.65. The summed E-state index contributed by atoms with van der Waals surface area (Å²) in [6, 6.07) is 0. The number of carbonyl (C=O) groups excluding carboxylic acids is 4. The monoisotopic (exact) mass is 682 g/mol. The Labute approximate surface area is 174 Å². The largest absolute Gasteiger partial charge is 2.00 e. The molecular weight excluding hydrogens is 668 g/mol. The maximum Gasteiger partial charge on any atom is 2.00 e. The van der Waals surface area contributed by atoms with Crippen molar-refractivity contribution in [2.45, 2.75) is 12.8 Å². The SMILES string of the molecule is O=C1CC2([CH-]C=C[CH-]C2)C(=O)O1.O=C1OC(=O)C2[CH-]C=C[CH-]C12.[W+2].[W+2]. The zero-order valence-corrected chi connectivity index (χ0v) is 18.8. The Balaban J connectivity index is 0.000000232. The van der Waals surface area contributed by atoms with E-state index >= 15 is 0 Å². The molecule has 0 amide bonds. The van der Waals surface area contributed by atoms with Crippen LogP contribution in [0.5, 0.6) is 0 Å². The Morgan fingerprint density at radius 3 is 1.92 bits per heavy atom. The molecule has 0 radical (unpaired) electrons. The van der Waals surface area contributed by atoms with Crippen LogP contribution >= 0.6 is 0 Å². The molecule has 3 unspecified atom stereocenters. The zero-order chi connectivity index (χ0) is 16.4. The van der Waals surface area contributed by atoms with Crippen molar-refractivity contribution in [1.29, 1.82) is 0 Å². The number of rotatable bonds is 0. The zero-order valence-electron chi connectivity index (χ0n) is 13.0. The molecule has 2 heterocycles. The standard InChI is InChI=1S/C9H8O3.C8H6O3.2W/c10-7-6-9(8(11)12-7)4-2-1-3-5-9;9-7-5-3-1-2-4-6(5)8(10)11-7;;/h1-4H,5-6H2;1-6H;;/q2*-2;2*+2. The van der Waals surface area contributed by atoms with Gasteiger partial charge in [-0.1, -0.05) is 0 Å². The van der Waals surface area contributed by atoms with E-state index in [0.29, 0.717) is 6.42 Å². The summed E-state index contributed by atoms with van der Waals surface area (Å²) in [6.07, 6.45) is 14.9. The fourth-order valence-electron chi connectivity index (χ4n) is 2.81. The quantitative estimate of drug-likeness (QED) is 0.216. The second-order valence-electron chi connectivity index (χ2n) is 5.65. The van der Waals surface area contributed by atoms with E-state index in [9.17, 15) is 19.2 Å². The Morgan fingerprint density at radius 1 is 0.880 bits per heavy atom. The molecule has 2 aliphatic carbocycles. The van der Waals surface area contributed by atoms with Crippen LogP contribution in [0.3, 0.4) is 0 Å². The van der Waals surface area contributed by atoms with Crippen LogP contribution in [0.2, 0.25) is 0 Å². The third-order valence-corrected chi connectivity index (χ3v) is 4.10. The number of carbonyl (C=O) groups is 4. The van der Waals surface area contributed by atoms with Crippen LogP contribution in [0, 0.1) is 42.9 Å². The molecule has 0 aromatic rings. The van der Waals surface area contributed by atoms with Gasteiger partial charge in [0.05, 0.1) is 0 Å². The van der Waals surface area contributed by atoms with Gasteiger partial charge in [-0.15, -0.1) is 6.42 Å². The van der Waals surface area contributed by atoms with Crippen LogP contribution in [0.1, 0.15) is 12.8 Å². The predicted molar refractivity (Wildman–Crippen MR) is 76.3 cm³/mol. The summed E-state index contributed by atoms with van der Waals surface area (Å²) in [5, 5.41) is 0. The van der Waals surface area contributed by atoms with Gasteiger partial charge >= 0.3 is 66.0 Å². The summed E-state index contributed by atoms with van der Waals surface area (Å²) in [4.78, 5) is 43.8. The maximum atomic E-state index is 11.2. The van der Waals surface area contributed by atoms with Crippen molar-refractivity contribution in [2.75, 3.05) is 0 Å². The fraction of sp³-hybridized carbons (Fsp3) is 0.294. The Hall–Kier alpha value is -1.38. The average molecular weight is 682 g/mol. The summed E-state index contributed by atoms with van der Waals surface area (Å²) < 4.78 is 8.92. The minimum absolute atomic E-state index is 0. The third kappa shape index (κ3) is 4.42. The number of hydrogen-bond acceptors (Lipinski definition) is 6. The number of fused-ring (bicyclic) bond motifs is 1. The molecule has 4 aliphatic rings. The minimum Gasteiger partial charge on any atom is -0.395 e. The van der Waals surface area contributed by atoms with E-state index in [2.05, 4.69) is 9.47 Å². The molecule has 0 saturated carbocycles. The predicted octanol–water partition coefficient (Wildman–Crippen LogP) is 1.09. The van der Waals surface area contributed by atoms with Crippen molar-refractivity contribution in [2.24, 2.45) is 17.3 Å². The molecule has 2 saturated heterocycles. The number of allylic oxidation sites excluding steroid dienone is 4. The van der Waals surface area contributed by atoms with Gasteiger partial charge in [-0.25, -0.2) is 0 Å². The van der Waals surface area contributed by atoms with Gasteiger partial charge in [0, 0.05) is 11.8 Å². The van der Waals surface area contributed by atoms with E-state index in [4.69, 9.17) is 0 Å². The van der Waals surface area contributed by atoms with E-state index in [1.807, 2.05) is 12.5 Å². The molecule has 0 bridgehead atoms. The first-order valence-corrected chi connectivity index (χ1v) is 7.22. The van der Waals surface area contributed by atoms with Gasteiger partial charge in [0.25, 0.3) is 0 Å². The Kier molecular flexibility index (Phi) is 7.64. The fourth-order valence-corrected chi connectivity index (χ4v) is 2.81. The minimum atomic E-state index is -0.675. The van der Waals surface area contributed by atoms with Crippen molar-refractivity contribution in [1.82, 2.24) is 0 Å². The van der Waals surface area contributed by atoms with E-state index in [1.54, 1.807) is 37.5 Å². The summed E-state index contributed by atoms with van der Waals surface area (Å²) in [5.41, 5.74) is -0.675. The van der Waals surface area contributed by atoms with Gasteiger partial charge in [0.15, 0.2) is 0 Å². The van der Waals surface area contributed by atoms with E-state index in [-0.39, 0.29) is 60.4 Å². The van der Waals surface area contributed by atoms with E-state index in [0.717, 1.165) is 0 Å². The molecular formula is C17H14O6W2. The van der Waals surface area contributed by atoms with Crippen molar-refractivity contribution in [3.05, 3.63) is 50.0 Å². The first-order valence-electron chi connectivity index (χ1n) is 7.22. The van der Waals surface area contributed by atoms with Gasteiger partial charge in [0.2, 0.25) is 0 Å². The first-order chi connectivity index (χ1) is 11.0. The van der Waals surface area contributed by atoms with Gasteiger partial charge in [-0.05, 0) is 11.8 Å². The molecule has 3 atom stereocenters. The van der Waals surface area contributed by atoms with Gasteiger partial charge in [0.1, 0.15) is 0 Å². The molecule has 2 aliphatic heterocycles. The van der Waals surface area contributed by atoms with Gasteiger partial charge in [-0.2, -0.15) is 0 Å². The first kappa shape index (κ1) is 21.7. The van der Waals surface area contributed by atoms with Crippen molar-refractivity contribution >= 4 is 23.9 Å². The van der Waals surface area contributed by atoms with Crippen LogP contribution in [0.15, 0.2) is 24.3 Å². The van der Waals surface area contributed by atoms with Gasteiger partial charge in [-0.3, -0.25) is 38.4 Å². The third-order valence-electron chi connectivity index (χ3n) is 4.10. The number of cyclic esters (lactones) is 4. The molecule has 8 heteroatoms. The molecule has 6 nitrogen and oxygen atoms in total. The molecule has 0 aromatic carbocycles. The van der Waals surface area contributed by atoms with Crippen molar-refractivity contribution < 1.29 is 70.8 Å². The molecule has 25 heavy (non-hydrogen) atoms. The van der Waals surface area contributed by atoms with Crippen LogP contribution in [-0.4, -0.2) is 23.9 Å². The molecule has 4 rings (SSSR count). The molecule has 1 spiro atoms. The summed E-state index contributed by atoms with van der Waals surface area (Å²) in [6.45, 7) is 0. The smallest absolute Gasteiger partial charge is 0.395 e. The molecule has 130 valence electrons. The summed E-state index contributed by atoms with van der Waals surface area (Å²) in [5.74, 6) is -2.42. The normalized spacial score (nSPS) is 30.7. The second kappa shape index (κ2) is 8.82. The van der Waals surface area contributed by atoms with Crippen LogP contribution in [0.25, 0.3) is 0 Å². The van der Waals surface area contributed by atoms with Crippen LogP contribution < -0.4 is 0 Å². The average Bonchev–Trinajstić information content (AvgIpc) is 2.98.